The van der Waals surface area contributed by atoms with Crippen molar-refractivity contribution in [3.8, 4) is 5.75 Å². The van der Waals surface area contributed by atoms with Gasteiger partial charge in [0.05, 0.1) is 17.2 Å². The highest BCUT2D eigenvalue weighted by atomic mass is 35.5. The molecule has 3 rings (SSSR count). The molecule has 5 heteroatoms. The third-order valence-electron chi connectivity index (χ3n) is 8.32. The van der Waals surface area contributed by atoms with E-state index in [9.17, 15) is 4.79 Å². The van der Waals surface area contributed by atoms with Crippen LogP contribution in [0.1, 0.15) is 132 Å². The molecule has 0 fully saturated rings. The van der Waals surface area contributed by atoms with Crippen molar-refractivity contribution < 1.29 is 14.1 Å². The summed E-state index contributed by atoms with van der Waals surface area (Å²) in [5.41, 5.74) is 3.69. The van der Waals surface area contributed by atoms with E-state index in [1.54, 1.807) is 12.1 Å². The Labute approximate surface area is 272 Å². The first-order valence-corrected chi connectivity index (χ1v) is 17.3. The van der Waals surface area contributed by atoms with Gasteiger partial charge >= 0.3 is 0 Å². The molecule has 0 saturated carbocycles. The maximum atomic E-state index is 13.9. The van der Waals surface area contributed by atoms with Crippen molar-refractivity contribution in [2.45, 2.75) is 123 Å². The summed E-state index contributed by atoms with van der Waals surface area (Å²) < 4.78 is 8.59. The average molecular weight is 620 g/mol. The van der Waals surface area contributed by atoms with Crippen molar-refractivity contribution in [2.24, 2.45) is 7.05 Å². The van der Waals surface area contributed by atoms with Crippen LogP contribution in [0.25, 0.3) is 0 Å². The van der Waals surface area contributed by atoms with Crippen molar-refractivity contribution >= 4 is 17.5 Å². The maximum Gasteiger partial charge on any atom is 0.255 e. The average Bonchev–Trinajstić information content (AvgIpc) is 3.00. The van der Waals surface area contributed by atoms with Gasteiger partial charge in [-0.1, -0.05) is 140 Å². The second-order valence-electron chi connectivity index (χ2n) is 13.3. The number of aromatic nitrogens is 1. The molecule has 3 aromatic rings. The molecule has 1 amide bonds. The minimum absolute atomic E-state index is 0.0862. The van der Waals surface area contributed by atoms with Gasteiger partial charge in [-0.2, -0.15) is 0 Å². The predicted octanol–water partition coefficient (Wildman–Crippen LogP) is 10.4. The van der Waals surface area contributed by atoms with Gasteiger partial charge in [0, 0.05) is 30.8 Å². The molecule has 44 heavy (non-hydrogen) atoms. The molecule has 1 heterocycles. The summed E-state index contributed by atoms with van der Waals surface area (Å²) in [7, 11) is 1.99. The highest BCUT2D eigenvalue weighted by Gasteiger charge is 2.25. The molecular formula is C39H56ClN2O2+. The third kappa shape index (κ3) is 11.9. The third-order valence-corrected chi connectivity index (χ3v) is 8.65. The number of hydrogen-bond donors (Lipinski definition) is 0. The molecule has 0 radical (unpaired) electrons. The fourth-order valence-corrected chi connectivity index (χ4v) is 5.87. The number of rotatable bonds is 19. The number of carbonyl (C=O) groups is 1. The van der Waals surface area contributed by atoms with E-state index in [2.05, 4.69) is 58.0 Å². The molecule has 0 N–H and O–H groups in total. The number of aryl methyl sites for hydroxylation is 1. The molecule has 0 aliphatic rings. The zero-order valence-corrected chi connectivity index (χ0v) is 28.8. The molecule has 240 valence electrons. The van der Waals surface area contributed by atoms with Crippen molar-refractivity contribution in [1.82, 2.24) is 4.90 Å². The monoisotopic (exact) mass is 619 g/mol. The largest absolute Gasteiger partial charge is 0.493 e. The van der Waals surface area contributed by atoms with E-state index in [1.807, 2.05) is 41.0 Å². The topological polar surface area (TPSA) is 33.4 Å². The number of hydrogen-bond acceptors (Lipinski definition) is 2. The summed E-state index contributed by atoms with van der Waals surface area (Å²) in [6, 6.07) is 17.8. The quantitative estimate of drug-likeness (QED) is 0.0987. The second-order valence-corrected chi connectivity index (χ2v) is 13.7. The van der Waals surface area contributed by atoms with Gasteiger partial charge in [-0.05, 0) is 35.1 Å². The van der Waals surface area contributed by atoms with E-state index in [1.165, 1.54) is 76.2 Å². The number of amides is 1. The van der Waals surface area contributed by atoms with Crippen LogP contribution in [0.3, 0.4) is 0 Å². The Morgan fingerprint density at radius 1 is 0.773 bits per heavy atom. The van der Waals surface area contributed by atoms with Crippen LogP contribution in [0.5, 0.6) is 5.75 Å². The summed E-state index contributed by atoms with van der Waals surface area (Å²) in [4.78, 5) is 15.8. The van der Waals surface area contributed by atoms with Crippen LogP contribution in [-0.2, 0) is 25.6 Å². The lowest BCUT2D eigenvalue weighted by Crippen LogP contribution is -2.32. The second kappa shape index (κ2) is 18.8. The number of benzene rings is 2. The summed E-state index contributed by atoms with van der Waals surface area (Å²) in [6.45, 7) is 10.5. The fraction of sp³-hybridized carbons (Fsp3) is 0.538. The SMILES string of the molecule is CCCCCCCCCCCCCCOc1c(CN(Cc2cc[n+](C)cc2)C(=O)c2ccccc2Cl)cccc1C(C)(C)C. The summed E-state index contributed by atoms with van der Waals surface area (Å²) in [5.74, 6) is 0.830. The molecule has 0 aliphatic heterocycles. The van der Waals surface area contributed by atoms with Crippen molar-refractivity contribution in [1.29, 1.82) is 0 Å². The Morgan fingerprint density at radius 2 is 1.36 bits per heavy atom. The molecule has 0 unspecified atom stereocenters. The van der Waals surface area contributed by atoms with Gasteiger partial charge in [-0.25, -0.2) is 4.57 Å². The van der Waals surface area contributed by atoms with E-state index in [0.717, 1.165) is 23.3 Å². The number of para-hydroxylation sites is 1. The number of nitrogens with zero attached hydrogens (tertiary/aromatic N) is 2. The summed E-state index contributed by atoms with van der Waals surface area (Å²) in [6.07, 6.45) is 19.8. The Kier molecular flexibility index (Phi) is 15.3. The Bertz CT molecular complexity index is 1270. The van der Waals surface area contributed by atoms with E-state index in [-0.39, 0.29) is 11.3 Å². The first kappa shape index (κ1) is 35.6. The minimum Gasteiger partial charge on any atom is -0.493 e. The van der Waals surface area contributed by atoms with E-state index < -0.39 is 0 Å². The lowest BCUT2D eigenvalue weighted by molar-refractivity contribution is -0.671. The molecule has 0 atom stereocenters. The van der Waals surface area contributed by atoms with Gasteiger partial charge in [0.15, 0.2) is 12.4 Å². The molecule has 0 saturated heterocycles. The molecular weight excluding hydrogens is 564 g/mol. The zero-order chi connectivity index (χ0) is 31.8. The number of pyridine rings is 1. The standard InChI is InChI=1S/C39H56ClN2O2/c1-6-7-8-9-10-11-12-13-14-15-16-19-29-44-37-33(21-20-23-35(37)39(2,3)4)31-42(30-32-25-27-41(5)28-26-32)38(43)34-22-17-18-24-36(34)40/h17-18,20-28H,6-16,19,29-31H2,1-5H3/q+1. The van der Waals surface area contributed by atoms with Crippen LogP contribution in [0.2, 0.25) is 5.02 Å². The van der Waals surface area contributed by atoms with Crippen LogP contribution in [-0.4, -0.2) is 17.4 Å². The smallest absolute Gasteiger partial charge is 0.255 e. The lowest BCUT2D eigenvalue weighted by Gasteiger charge is -2.28. The number of unbranched alkanes of at least 4 members (excludes halogenated alkanes) is 11. The Morgan fingerprint density at radius 3 is 1.95 bits per heavy atom. The van der Waals surface area contributed by atoms with E-state index in [0.29, 0.717) is 30.3 Å². The van der Waals surface area contributed by atoms with Gasteiger partial charge in [0.25, 0.3) is 5.91 Å². The molecule has 4 nitrogen and oxygen atoms in total. The lowest BCUT2D eigenvalue weighted by atomic mass is 9.85. The van der Waals surface area contributed by atoms with Gasteiger partial charge in [-0.15, -0.1) is 0 Å². The number of carbonyl (C=O) groups excluding carboxylic acids is 1. The molecule has 0 aliphatic carbocycles. The van der Waals surface area contributed by atoms with Crippen LogP contribution in [0.15, 0.2) is 67.0 Å². The van der Waals surface area contributed by atoms with Crippen molar-refractivity contribution in [3.05, 3.63) is 94.3 Å². The highest BCUT2D eigenvalue weighted by molar-refractivity contribution is 6.33. The highest BCUT2D eigenvalue weighted by Crippen LogP contribution is 2.35. The fourth-order valence-electron chi connectivity index (χ4n) is 5.66. The van der Waals surface area contributed by atoms with E-state index in [4.69, 9.17) is 16.3 Å². The van der Waals surface area contributed by atoms with Gasteiger partial charge in [0.1, 0.15) is 12.8 Å². The number of ether oxygens (including phenoxy) is 1. The van der Waals surface area contributed by atoms with Crippen molar-refractivity contribution in [3.63, 3.8) is 0 Å². The summed E-state index contributed by atoms with van der Waals surface area (Å²) >= 11 is 6.50. The van der Waals surface area contributed by atoms with Crippen LogP contribution >= 0.6 is 11.6 Å². The maximum absolute atomic E-state index is 13.9. The Balaban J connectivity index is 1.66. The van der Waals surface area contributed by atoms with Crippen LogP contribution in [0.4, 0.5) is 0 Å². The van der Waals surface area contributed by atoms with Crippen LogP contribution < -0.4 is 9.30 Å². The van der Waals surface area contributed by atoms with Gasteiger partial charge in [-0.3, -0.25) is 4.79 Å². The van der Waals surface area contributed by atoms with Crippen molar-refractivity contribution in [2.75, 3.05) is 6.61 Å². The minimum atomic E-state index is -0.0896. The first-order valence-electron chi connectivity index (χ1n) is 16.9. The number of halogens is 1. The molecule has 2 aromatic carbocycles. The normalized spacial score (nSPS) is 11.5. The summed E-state index contributed by atoms with van der Waals surface area (Å²) in [5, 5.41) is 0.467. The van der Waals surface area contributed by atoms with Gasteiger partial charge in [0.2, 0.25) is 0 Å². The van der Waals surface area contributed by atoms with Crippen LogP contribution in [0, 0.1) is 0 Å². The first-order chi connectivity index (χ1) is 21.2. The predicted molar refractivity (Wildman–Crippen MR) is 184 cm³/mol. The molecule has 1 aromatic heterocycles. The molecule has 0 bridgehead atoms. The molecule has 0 spiro atoms. The Hall–Kier alpha value is -2.85. The zero-order valence-electron chi connectivity index (χ0n) is 28.0. The van der Waals surface area contributed by atoms with E-state index >= 15 is 0 Å². The van der Waals surface area contributed by atoms with Gasteiger partial charge < -0.3 is 9.64 Å².